The summed E-state index contributed by atoms with van der Waals surface area (Å²) < 4.78 is 57.5. The van der Waals surface area contributed by atoms with Crippen LogP contribution < -0.4 is 0 Å². The first-order chi connectivity index (χ1) is 15.8. The molecule has 0 radical (unpaired) electrons. The van der Waals surface area contributed by atoms with E-state index in [1.165, 1.54) is 12.1 Å². The highest BCUT2D eigenvalue weighted by Crippen LogP contribution is 2.32. The van der Waals surface area contributed by atoms with E-state index in [0.29, 0.717) is 0 Å². The van der Waals surface area contributed by atoms with Crippen molar-refractivity contribution < 1.29 is 55.5 Å². The van der Waals surface area contributed by atoms with Gasteiger partial charge in [-0.2, -0.15) is 8.42 Å². The second-order valence-electron chi connectivity index (χ2n) is 7.43. The summed E-state index contributed by atoms with van der Waals surface area (Å²) in [5.74, 6) is -3.29. The third-order valence-corrected chi connectivity index (χ3v) is 5.80. The van der Waals surface area contributed by atoms with Crippen LogP contribution in [0, 0.1) is 6.92 Å². The zero-order chi connectivity index (χ0) is 25.6. The fraction of sp³-hybridized carbons (Fsp3) is 0.524. The number of carbonyl (C=O) groups is 4. The van der Waals surface area contributed by atoms with Gasteiger partial charge in [0, 0.05) is 27.7 Å². The molecule has 34 heavy (non-hydrogen) atoms. The number of hydrogen-bond acceptors (Lipinski definition) is 12. The highest BCUT2D eigenvalue weighted by atomic mass is 32.2. The molecule has 0 unspecified atom stereocenters. The summed E-state index contributed by atoms with van der Waals surface area (Å²) in [6, 6.07) is 5.67. The molecule has 0 aromatic heterocycles. The van der Waals surface area contributed by atoms with Gasteiger partial charge in [-0.1, -0.05) is 17.7 Å². The van der Waals surface area contributed by atoms with Gasteiger partial charge in [0.2, 0.25) is 6.29 Å². The Morgan fingerprint density at radius 3 is 1.82 bits per heavy atom. The van der Waals surface area contributed by atoms with Crippen molar-refractivity contribution in [2.75, 3.05) is 6.61 Å². The second kappa shape index (κ2) is 11.4. The quantitative estimate of drug-likeness (QED) is 0.280. The zero-order valence-corrected chi connectivity index (χ0v) is 20.0. The molecule has 1 aromatic rings. The molecule has 1 aliphatic heterocycles. The smallest absolute Gasteiger partial charge is 0.305 e. The second-order valence-corrected chi connectivity index (χ2v) is 9.00. The third kappa shape index (κ3) is 7.50. The molecule has 188 valence electrons. The van der Waals surface area contributed by atoms with E-state index in [-0.39, 0.29) is 4.90 Å². The summed E-state index contributed by atoms with van der Waals surface area (Å²) in [6.45, 7) is 5.49. The predicted molar refractivity (Wildman–Crippen MR) is 111 cm³/mol. The minimum absolute atomic E-state index is 0.228. The first kappa shape index (κ1) is 27.2. The topological polar surface area (TPSA) is 158 Å². The minimum Gasteiger partial charge on any atom is -0.463 e. The van der Waals surface area contributed by atoms with Gasteiger partial charge in [-0.15, -0.1) is 0 Å². The SMILES string of the molecule is CC(=O)OC[C@H]1O[C@@H](OC(C)=O)[C@H](OC(C)=O)[C@@H](OS(=O)(=O)c2ccc(C)cc2)[C@@H]1OC(C)=O. The van der Waals surface area contributed by atoms with E-state index in [1.807, 2.05) is 0 Å². The average molecular weight is 502 g/mol. The van der Waals surface area contributed by atoms with Crippen molar-refractivity contribution in [1.29, 1.82) is 0 Å². The standard InChI is InChI=1S/C21H26O12S/c1-11-6-8-16(9-7-11)34(26,27)33-19-18(29-13(3)23)17(10-28-12(2)22)32-21(31-15(5)25)20(19)30-14(4)24/h6-9,17-21H,10H2,1-5H3/t17-,18-,19+,20-,21-/m1/s1. The van der Waals surface area contributed by atoms with Crippen molar-refractivity contribution in [3.63, 3.8) is 0 Å². The molecule has 0 N–H and O–H groups in total. The van der Waals surface area contributed by atoms with Crippen LogP contribution in [-0.2, 0) is 57.2 Å². The molecule has 1 aliphatic rings. The fourth-order valence-corrected chi connectivity index (χ4v) is 4.23. The highest BCUT2D eigenvalue weighted by molar-refractivity contribution is 7.86. The van der Waals surface area contributed by atoms with Crippen LogP contribution in [0.4, 0.5) is 0 Å². The van der Waals surface area contributed by atoms with Gasteiger partial charge in [0.25, 0.3) is 10.1 Å². The summed E-state index contributed by atoms with van der Waals surface area (Å²) in [5, 5.41) is 0. The van der Waals surface area contributed by atoms with Crippen molar-refractivity contribution >= 4 is 34.0 Å². The lowest BCUT2D eigenvalue weighted by atomic mass is 9.98. The lowest BCUT2D eigenvalue weighted by Gasteiger charge is -2.43. The van der Waals surface area contributed by atoms with Crippen LogP contribution in [0.15, 0.2) is 29.2 Å². The number of esters is 4. The Bertz CT molecular complexity index is 1020. The fourth-order valence-electron chi connectivity index (χ4n) is 3.14. The Hall–Kier alpha value is -3.03. The number of aryl methyl sites for hydroxylation is 1. The van der Waals surface area contributed by atoms with Crippen molar-refractivity contribution in [2.45, 2.75) is 70.2 Å². The summed E-state index contributed by atoms with van der Waals surface area (Å²) in [4.78, 5) is 46.4. The molecular weight excluding hydrogens is 476 g/mol. The van der Waals surface area contributed by atoms with Crippen molar-refractivity contribution in [3.05, 3.63) is 29.8 Å². The minimum atomic E-state index is -4.51. The van der Waals surface area contributed by atoms with E-state index in [4.69, 9.17) is 27.9 Å². The normalized spacial score (nSPS) is 24.6. The Morgan fingerprint density at radius 1 is 0.794 bits per heavy atom. The van der Waals surface area contributed by atoms with Gasteiger partial charge < -0.3 is 23.7 Å². The van der Waals surface area contributed by atoms with E-state index in [9.17, 15) is 27.6 Å². The van der Waals surface area contributed by atoms with Gasteiger partial charge in [0.1, 0.15) is 12.7 Å². The molecule has 1 fully saturated rings. The summed E-state index contributed by atoms with van der Waals surface area (Å²) in [5.41, 5.74) is 0.789. The first-order valence-electron chi connectivity index (χ1n) is 10.1. The maximum atomic E-state index is 13.0. The molecule has 13 heteroatoms. The molecule has 1 heterocycles. The van der Waals surface area contributed by atoms with Crippen LogP contribution in [0.1, 0.15) is 33.3 Å². The van der Waals surface area contributed by atoms with Crippen LogP contribution in [-0.4, -0.2) is 69.6 Å². The largest absolute Gasteiger partial charge is 0.463 e. The molecule has 12 nitrogen and oxygen atoms in total. The van der Waals surface area contributed by atoms with Crippen LogP contribution in [0.25, 0.3) is 0 Å². The summed E-state index contributed by atoms with van der Waals surface area (Å²) in [6.07, 6.45) is -7.90. The molecule has 0 spiro atoms. The third-order valence-electron chi connectivity index (χ3n) is 4.48. The molecule has 2 rings (SSSR count). The molecule has 0 amide bonds. The van der Waals surface area contributed by atoms with Crippen molar-refractivity contribution in [3.8, 4) is 0 Å². The number of rotatable bonds is 8. The monoisotopic (exact) mass is 502 g/mol. The van der Waals surface area contributed by atoms with Crippen molar-refractivity contribution in [1.82, 2.24) is 0 Å². The van der Waals surface area contributed by atoms with Crippen molar-refractivity contribution in [2.24, 2.45) is 0 Å². The Kier molecular flexibility index (Phi) is 9.13. The van der Waals surface area contributed by atoms with Crippen LogP contribution in [0.2, 0.25) is 0 Å². The Balaban J connectivity index is 2.56. The lowest BCUT2D eigenvalue weighted by Crippen LogP contribution is -2.63. The van der Waals surface area contributed by atoms with E-state index >= 15 is 0 Å². The Labute approximate surface area is 196 Å². The number of ether oxygens (including phenoxy) is 5. The summed E-state index contributed by atoms with van der Waals surface area (Å²) in [7, 11) is -4.51. The summed E-state index contributed by atoms with van der Waals surface area (Å²) >= 11 is 0. The van der Waals surface area contributed by atoms with E-state index in [2.05, 4.69) is 0 Å². The van der Waals surface area contributed by atoms with Gasteiger partial charge in [-0.05, 0) is 19.1 Å². The molecule has 5 atom stereocenters. The molecular formula is C21H26O12S. The van der Waals surface area contributed by atoms with E-state index < -0.39 is 71.3 Å². The van der Waals surface area contributed by atoms with Crippen LogP contribution in [0.5, 0.6) is 0 Å². The Morgan fingerprint density at radius 2 is 1.32 bits per heavy atom. The van der Waals surface area contributed by atoms with Gasteiger partial charge in [-0.3, -0.25) is 23.4 Å². The molecule has 0 aliphatic carbocycles. The maximum Gasteiger partial charge on any atom is 0.305 e. The van der Waals surface area contributed by atoms with Gasteiger partial charge in [-0.25, -0.2) is 0 Å². The van der Waals surface area contributed by atoms with Gasteiger partial charge in [0.05, 0.1) is 4.90 Å². The maximum absolute atomic E-state index is 13.0. The predicted octanol–water partition coefficient (Wildman–Crippen LogP) is 0.783. The molecule has 0 saturated carbocycles. The van der Waals surface area contributed by atoms with E-state index in [1.54, 1.807) is 19.1 Å². The van der Waals surface area contributed by atoms with Gasteiger partial charge in [0.15, 0.2) is 18.3 Å². The molecule has 0 bridgehead atoms. The average Bonchev–Trinajstić information content (AvgIpc) is 2.70. The highest BCUT2D eigenvalue weighted by Gasteiger charge is 2.54. The van der Waals surface area contributed by atoms with E-state index in [0.717, 1.165) is 33.3 Å². The number of carbonyl (C=O) groups excluding carboxylic acids is 4. The number of benzene rings is 1. The van der Waals surface area contributed by atoms with Crippen LogP contribution >= 0.6 is 0 Å². The molecule has 1 aromatic carbocycles. The first-order valence-corrected chi connectivity index (χ1v) is 11.5. The lowest BCUT2D eigenvalue weighted by molar-refractivity contribution is -0.293. The zero-order valence-electron chi connectivity index (χ0n) is 19.2. The number of hydrogen-bond donors (Lipinski definition) is 0. The van der Waals surface area contributed by atoms with Gasteiger partial charge >= 0.3 is 23.9 Å². The molecule has 1 saturated heterocycles. The van der Waals surface area contributed by atoms with Crippen LogP contribution in [0.3, 0.4) is 0 Å².